The highest BCUT2D eigenvalue weighted by Crippen LogP contribution is 2.33. The standard InChI is InChI=1S/C12H13BrF4N2/c13-11-4-3-9(14)10(18-11)7-19-5-1-2-8(6-19)12(15,16)17/h3-4,8H,1-2,5-7H2. The molecular weight excluding hydrogens is 328 g/mol. The molecule has 0 radical (unpaired) electrons. The van der Waals surface area contributed by atoms with Crippen molar-refractivity contribution in [2.75, 3.05) is 13.1 Å². The second kappa shape index (κ2) is 5.75. The third-order valence-corrected chi connectivity index (χ3v) is 3.67. The van der Waals surface area contributed by atoms with E-state index in [1.807, 2.05) is 0 Å². The first-order chi connectivity index (χ1) is 8.86. The Kier molecular flexibility index (Phi) is 4.45. The Morgan fingerprint density at radius 2 is 2.11 bits per heavy atom. The summed E-state index contributed by atoms with van der Waals surface area (Å²) in [6, 6.07) is 2.73. The second-order valence-corrected chi connectivity index (χ2v) is 5.49. The van der Waals surface area contributed by atoms with Gasteiger partial charge in [0.05, 0.1) is 11.6 Å². The quantitative estimate of drug-likeness (QED) is 0.602. The zero-order valence-electron chi connectivity index (χ0n) is 10.1. The molecule has 0 amide bonds. The van der Waals surface area contributed by atoms with Crippen molar-refractivity contribution >= 4 is 15.9 Å². The van der Waals surface area contributed by atoms with E-state index < -0.39 is 17.9 Å². The van der Waals surface area contributed by atoms with Gasteiger partial charge in [-0.2, -0.15) is 13.2 Å². The predicted octanol–water partition coefficient (Wildman–Crippen LogP) is 3.76. The van der Waals surface area contributed by atoms with Crippen LogP contribution in [0.5, 0.6) is 0 Å². The smallest absolute Gasteiger partial charge is 0.297 e. The number of piperidine rings is 1. The van der Waals surface area contributed by atoms with Crippen LogP contribution in [-0.2, 0) is 6.54 Å². The number of halogens is 5. The van der Waals surface area contributed by atoms with E-state index in [2.05, 4.69) is 20.9 Å². The van der Waals surface area contributed by atoms with E-state index in [0.29, 0.717) is 17.6 Å². The topological polar surface area (TPSA) is 16.1 Å². The van der Waals surface area contributed by atoms with Crippen molar-refractivity contribution in [1.82, 2.24) is 9.88 Å². The maximum absolute atomic E-state index is 13.5. The summed E-state index contributed by atoms with van der Waals surface area (Å²) in [4.78, 5) is 5.58. The van der Waals surface area contributed by atoms with E-state index in [-0.39, 0.29) is 25.2 Å². The van der Waals surface area contributed by atoms with Crippen LogP contribution in [0.25, 0.3) is 0 Å². The molecule has 0 saturated carbocycles. The Morgan fingerprint density at radius 3 is 2.79 bits per heavy atom. The number of likely N-dealkylation sites (tertiary alicyclic amines) is 1. The van der Waals surface area contributed by atoms with Crippen LogP contribution >= 0.6 is 15.9 Å². The van der Waals surface area contributed by atoms with Crippen LogP contribution in [0.2, 0.25) is 0 Å². The van der Waals surface area contributed by atoms with Gasteiger partial charge in [0.15, 0.2) is 0 Å². The summed E-state index contributed by atoms with van der Waals surface area (Å²) in [7, 11) is 0. The summed E-state index contributed by atoms with van der Waals surface area (Å²) in [6.07, 6.45) is -3.56. The van der Waals surface area contributed by atoms with Crippen LogP contribution in [0, 0.1) is 11.7 Å². The van der Waals surface area contributed by atoms with Gasteiger partial charge in [0.1, 0.15) is 10.4 Å². The zero-order chi connectivity index (χ0) is 14.0. The Hall–Kier alpha value is -0.690. The van der Waals surface area contributed by atoms with Crippen LogP contribution in [0.1, 0.15) is 18.5 Å². The molecule has 0 bridgehead atoms. The van der Waals surface area contributed by atoms with Crippen molar-refractivity contribution < 1.29 is 17.6 Å². The van der Waals surface area contributed by atoms with Crippen molar-refractivity contribution in [1.29, 1.82) is 0 Å². The van der Waals surface area contributed by atoms with Gasteiger partial charge in [0.2, 0.25) is 0 Å². The normalized spacial score (nSPS) is 21.6. The van der Waals surface area contributed by atoms with Crippen LogP contribution in [0.3, 0.4) is 0 Å². The van der Waals surface area contributed by atoms with E-state index in [4.69, 9.17) is 0 Å². The molecule has 0 spiro atoms. The first-order valence-corrected chi connectivity index (χ1v) is 6.75. The molecule has 1 fully saturated rings. The van der Waals surface area contributed by atoms with Gasteiger partial charge in [-0.15, -0.1) is 0 Å². The summed E-state index contributed by atoms with van der Waals surface area (Å²) in [5.74, 6) is -1.81. The second-order valence-electron chi connectivity index (χ2n) is 4.68. The molecule has 2 rings (SSSR count). The van der Waals surface area contributed by atoms with Crippen molar-refractivity contribution in [2.24, 2.45) is 5.92 Å². The Balaban J connectivity index is 2.05. The molecule has 7 heteroatoms. The molecule has 0 aliphatic carbocycles. The minimum Gasteiger partial charge on any atom is -0.297 e. The maximum Gasteiger partial charge on any atom is 0.393 e. The summed E-state index contributed by atoms with van der Waals surface area (Å²) in [6.45, 7) is 0.565. The van der Waals surface area contributed by atoms with Crippen LogP contribution in [0.15, 0.2) is 16.7 Å². The Morgan fingerprint density at radius 1 is 1.37 bits per heavy atom. The molecule has 1 aromatic heterocycles. The summed E-state index contributed by atoms with van der Waals surface area (Å²) in [5.41, 5.74) is 0.178. The van der Waals surface area contributed by atoms with Crippen molar-refractivity contribution in [3.8, 4) is 0 Å². The highest BCUT2D eigenvalue weighted by atomic mass is 79.9. The van der Waals surface area contributed by atoms with E-state index in [0.717, 1.165) is 0 Å². The van der Waals surface area contributed by atoms with E-state index >= 15 is 0 Å². The van der Waals surface area contributed by atoms with Gasteiger partial charge >= 0.3 is 6.18 Å². The lowest BCUT2D eigenvalue weighted by Crippen LogP contribution is -2.41. The number of nitrogens with zero attached hydrogens (tertiary/aromatic N) is 2. The molecule has 2 nitrogen and oxygen atoms in total. The molecule has 1 atom stereocenters. The molecule has 1 aliphatic rings. The van der Waals surface area contributed by atoms with Crippen LogP contribution < -0.4 is 0 Å². The zero-order valence-corrected chi connectivity index (χ0v) is 11.6. The molecule has 1 aliphatic heterocycles. The van der Waals surface area contributed by atoms with Gasteiger partial charge in [0, 0.05) is 13.1 Å². The first kappa shape index (κ1) is 14.7. The van der Waals surface area contributed by atoms with Gasteiger partial charge < -0.3 is 0 Å². The van der Waals surface area contributed by atoms with Crippen molar-refractivity contribution in [2.45, 2.75) is 25.6 Å². The number of hydrogen-bond donors (Lipinski definition) is 0. The van der Waals surface area contributed by atoms with Crippen LogP contribution in [0.4, 0.5) is 17.6 Å². The highest BCUT2D eigenvalue weighted by molar-refractivity contribution is 9.10. The number of aromatic nitrogens is 1. The Bertz CT molecular complexity index is 450. The van der Waals surface area contributed by atoms with Gasteiger partial charge in [0.25, 0.3) is 0 Å². The molecule has 1 aromatic rings. The average Bonchev–Trinajstić information content (AvgIpc) is 2.33. The number of alkyl halides is 3. The van der Waals surface area contributed by atoms with Gasteiger partial charge in [-0.1, -0.05) is 0 Å². The largest absolute Gasteiger partial charge is 0.393 e. The highest BCUT2D eigenvalue weighted by Gasteiger charge is 2.41. The molecule has 1 saturated heterocycles. The number of hydrogen-bond acceptors (Lipinski definition) is 2. The molecule has 2 heterocycles. The van der Waals surface area contributed by atoms with Gasteiger partial charge in [-0.05, 0) is 47.4 Å². The van der Waals surface area contributed by atoms with E-state index in [1.165, 1.54) is 12.1 Å². The summed E-state index contributed by atoms with van der Waals surface area (Å²) >= 11 is 3.13. The van der Waals surface area contributed by atoms with Gasteiger partial charge in [-0.25, -0.2) is 9.37 Å². The summed E-state index contributed by atoms with van der Waals surface area (Å²) < 4.78 is 52.0. The maximum atomic E-state index is 13.5. The lowest BCUT2D eigenvalue weighted by molar-refractivity contribution is -0.187. The molecule has 1 unspecified atom stereocenters. The first-order valence-electron chi connectivity index (χ1n) is 5.96. The van der Waals surface area contributed by atoms with Gasteiger partial charge in [-0.3, -0.25) is 4.90 Å². The summed E-state index contributed by atoms with van der Waals surface area (Å²) in [5, 5.41) is 0. The third-order valence-electron chi connectivity index (χ3n) is 3.23. The monoisotopic (exact) mass is 340 g/mol. The van der Waals surface area contributed by atoms with Crippen molar-refractivity contribution in [3.63, 3.8) is 0 Å². The lowest BCUT2D eigenvalue weighted by atomic mass is 9.97. The minimum absolute atomic E-state index is 0.0862. The average molecular weight is 341 g/mol. The molecule has 106 valence electrons. The molecule has 0 aromatic carbocycles. The molecule has 19 heavy (non-hydrogen) atoms. The van der Waals surface area contributed by atoms with E-state index in [1.54, 1.807) is 4.90 Å². The van der Waals surface area contributed by atoms with Crippen molar-refractivity contribution in [3.05, 3.63) is 28.2 Å². The third kappa shape index (κ3) is 3.89. The predicted molar refractivity (Wildman–Crippen MR) is 66.0 cm³/mol. The lowest BCUT2D eigenvalue weighted by Gasteiger charge is -2.33. The SMILES string of the molecule is Fc1ccc(Br)nc1CN1CCCC(C(F)(F)F)C1. The number of pyridine rings is 1. The molecular formula is C12H13BrF4N2. The molecule has 0 N–H and O–H groups in total. The fourth-order valence-corrected chi connectivity index (χ4v) is 2.59. The Labute approximate surface area is 116 Å². The van der Waals surface area contributed by atoms with Crippen LogP contribution in [-0.4, -0.2) is 29.1 Å². The fraction of sp³-hybridized carbons (Fsp3) is 0.583. The fourth-order valence-electron chi connectivity index (χ4n) is 2.25. The van der Waals surface area contributed by atoms with E-state index in [9.17, 15) is 17.6 Å². The minimum atomic E-state index is -4.18. The number of rotatable bonds is 2.